The predicted octanol–water partition coefficient (Wildman–Crippen LogP) is 1.33. The molecule has 0 atom stereocenters. The summed E-state index contributed by atoms with van der Waals surface area (Å²) in [5.74, 6) is 0. The van der Waals surface area contributed by atoms with E-state index in [1.165, 1.54) is 22.8 Å². The number of unbranched alkanes of at least 4 members (excludes halogenated alkanes) is 1. The van der Waals surface area contributed by atoms with Crippen molar-refractivity contribution in [2.75, 3.05) is 6.54 Å². The molecule has 0 radical (unpaired) electrons. The second-order valence-corrected chi connectivity index (χ2v) is 6.43. The van der Waals surface area contributed by atoms with Crippen LogP contribution in [0.2, 0.25) is 0 Å². The first kappa shape index (κ1) is 13.3. The third-order valence-electron chi connectivity index (χ3n) is 3.06. The summed E-state index contributed by atoms with van der Waals surface area (Å²) in [4.78, 5) is 14.2. The van der Waals surface area contributed by atoms with Crippen LogP contribution in [0.3, 0.4) is 0 Å². The van der Waals surface area contributed by atoms with E-state index >= 15 is 0 Å². The van der Waals surface area contributed by atoms with Crippen LogP contribution in [0.5, 0.6) is 0 Å². The summed E-state index contributed by atoms with van der Waals surface area (Å²) in [7, 11) is -3.65. The number of hydrogen-bond donors (Lipinski definition) is 1. The van der Waals surface area contributed by atoms with E-state index in [0.717, 1.165) is 25.7 Å². The number of aromatic amines is 1. The van der Waals surface area contributed by atoms with Crippen molar-refractivity contribution in [3.63, 3.8) is 0 Å². The fraction of sp³-hybridized carbons (Fsp3) is 0.583. The van der Waals surface area contributed by atoms with Gasteiger partial charge in [-0.1, -0.05) is 13.3 Å². The van der Waals surface area contributed by atoms with Crippen molar-refractivity contribution >= 4 is 10.0 Å². The molecule has 0 saturated heterocycles. The van der Waals surface area contributed by atoms with Crippen molar-refractivity contribution < 1.29 is 8.42 Å². The van der Waals surface area contributed by atoms with Gasteiger partial charge in [-0.3, -0.25) is 4.79 Å². The normalized spacial score (nSPS) is 16.1. The van der Waals surface area contributed by atoms with Gasteiger partial charge in [0.15, 0.2) is 0 Å². The molecule has 0 unspecified atom stereocenters. The number of nitrogens with one attached hydrogen (secondary N) is 1. The number of aromatic nitrogens is 1. The highest BCUT2D eigenvalue weighted by molar-refractivity contribution is 7.89. The summed E-state index contributed by atoms with van der Waals surface area (Å²) in [5.41, 5.74) is -0.448. The summed E-state index contributed by atoms with van der Waals surface area (Å²) in [6.45, 7) is 2.52. The standard InChI is InChI=1S/C12H18N2O3S/c1-2-3-8-14(10-4-5-10)18(16,17)12-9-13-7-6-11(12)15/h6-7,9-10H,2-5,8H2,1H3,(H,13,15). The Morgan fingerprint density at radius 3 is 2.72 bits per heavy atom. The smallest absolute Gasteiger partial charge is 0.248 e. The van der Waals surface area contributed by atoms with Crippen LogP contribution < -0.4 is 5.43 Å². The van der Waals surface area contributed by atoms with Crippen LogP contribution in [0.25, 0.3) is 0 Å². The molecule has 1 saturated carbocycles. The Kier molecular flexibility index (Phi) is 3.87. The lowest BCUT2D eigenvalue weighted by Crippen LogP contribution is -2.36. The predicted molar refractivity (Wildman–Crippen MR) is 68.9 cm³/mol. The molecule has 1 aliphatic rings. The highest BCUT2D eigenvalue weighted by Gasteiger charge is 2.38. The van der Waals surface area contributed by atoms with E-state index in [9.17, 15) is 13.2 Å². The molecular weight excluding hydrogens is 252 g/mol. The van der Waals surface area contributed by atoms with Gasteiger partial charge in [0.2, 0.25) is 15.5 Å². The number of hydrogen-bond acceptors (Lipinski definition) is 3. The Balaban J connectivity index is 2.33. The number of rotatable bonds is 6. The SMILES string of the molecule is CCCCN(C1CC1)S(=O)(=O)c1c[nH]ccc1=O. The van der Waals surface area contributed by atoms with E-state index in [1.54, 1.807) is 0 Å². The molecule has 1 aliphatic carbocycles. The van der Waals surface area contributed by atoms with Gasteiger partial charge >= 0.3 is 0 Å². The van der Waals surface area contributed by atoms with Crippen molar-refractivity contribution in [1.82, 2.24) is 9.29 Å². The van der Waals surface area contributed by atoms with E-state index in [-0.39, 0.29) is 10.9 Å². The quantitative estimate of drug-likeness (QED) is 0.847. The molecule has 6 heteroatoms. The molecule has 0 amide bonds. The monoisotopic (exact) mass is 270 g/mol. The molecule has 100 valence electrons. The second-order valence-electron chi connectivity index (χ2n) is 4.57. The van der Waals surface area contributed by atoms with Gasteiger partial charge in [-0.15, -0.1) is 0 Å². The minimum atomic E-state index is -3.65. The summed E-state index contributed by atoms with van der Waals surface area (Å²) >= 11 is 0. The zero-order chi connectivity index (χ0) is 13.2. The fourth-order valence-electron chi connectivity index (χ4n) is 1.90. The largest absolute Gasteiger partial charge is 0.366 e. The van der Waals surface area contributed by atoms with Gasteiger partial charge in [0.25, 0.3) is 0 Å². The minimum Gasteiger partial charge on any atom is -0.366 e. The molecule has 1 heterocycles. The van der Waals surface area contributed by atoms with Gasteiger partial charge in [0.1, 0.15) is 4.90 Å². The van der Waals surface area contributed by atoms with E-state index < -0.39 is 15.5 Å². The Labute approximate surface area is 107 Å². The summed E-state index contributed by atoms with van der Waals surface area (Å²) in [6, 6.07) is 1.33. The molecule has 1 aromatic heterocycles. The van der Waals surface area contributed by atoms with E-state index in [2.05, 4.69) is 4.98 Å². The topological polar surface area (TPSA) is 70.2 Å². The first-order valence-electron chi connectivity index (χ1n) is 6.26. The van der Waals surface area contributed by atoms with Gasteiger partial charge < -0.3 is 4.98 Å². The lowest BCUT2D eigenvalue weighted by molar-refractivity contribution is 0.395. The highest BCUT2D eigenvalue weighted by Crippen LogP contribution is 2.31. The highest BCUT2D eigenvalue weighted by atomic mass is 32.2. The van der Waals surface area contributed by atoms with Crippen molar-refractivity contribution in [1.29, 1.82) is 0 Å². The Bertz CT molecular complexity index is 561. The molecule has 1 fully saturated rings. The average molecular weight is 270 g/mol. The maximum atomic E-state index is 12.4. The van der Waals surface area contributed by atoms with Gasteiger partial charge in [-0.25, -0.2) is 8.42 Å². The summed E-state index contributed by atoms with van der Waals surface area (Å²) in [6.07, 6.45) is 6.26. The molecule has 5 nitrogen and oxygen atoms in total. The van der Waals surface area contributed by atoms with Crippen LogP contribution in [0.1, 0.15) is 32.6 Å². The number of H-pyrrole nitrogens is 1. The van der Waals surface area contributed by atoms with Crippen LogP contribution in [0.4, 0.5) is 0 Å². The van der Waals surface area contributed by atoms with Crippen LogP contribution in [0, 0.1) is 0 Å². The van der Waals surface area contributed by atoms with Crippen molar-refractivity contribution in [3.8, 4) is 0 Å². The molecule has 18 heavy (non-hydrogen) atoms. The lowest BCUT2D eigenvalue weighted by Gasteiger charge is -2.21. The van der Waals surface area contributed by atoms with E-state index in [1.807, 2.05) is 6.92 Å². The molecule has 0 aromatic carbocycles. The maximum absolute atomic E-state index is 12.4. The van der Waals surface area contributed by atoms with Crippen molar-refractivity contribution in [2.24, 2.45) is 0 Å². The number of sulfonamides is 1. The summed E-state index contributed by atoms with van der Waals surface area (Å²) in [5, 5.41) is 0. The van der Waals surface area contributed by atoms with Crippen molar-refractivity contribution in [3.05, 3.63) is 28.7 Å². The fourth-order valence-corrected chi connectivity index (χ4v) is 3.67. The van der Waals surface area contributed by atoms with Crippen LogP contribution in [-0.4, -0.2) is 30.3 Å². The molecule has 1 N–H and O–H groups in total. The maximum Gasteiger partial charge on any atom is 0.248 e. The van der Waals surface area contributed by atoms with Crippen molar-refractivity contribution in [2.45, 2.75) is 43.5 Å². The molecular formula is C12H18N2O3S. The Morgan fingerprint density at radius 1 is 1.44 bits per heavy atom. The van der Waals surface area contributed by atoms with Gasteiger partial charge in [0, 0.05) is 31.0 Å². The third-order valence-corrected chi connectivity index (χ3v) is 5.03. The third kappa shape index (κ3) is 2.64. The number of nitrogens with zero attached hydrogens (tertiary/aromatic N) is 1. The molecule has 2 rings (SSSR count). The first-order valence-corrected chi connectivity index (χ1v) is 7.70. The van der Waals surface area contributed by atoms with Gasteiger partial charge in [0.05, 0.1) is 0 Å². The van der Waals surface area contributed by atoms with Crippen LogP contribution >= 0.6 is 0 Å². The zero-order valence-electron chi connectivity index (χ0n) is 10.4. The molecule has 1 aromatic rings. The van der Waals surface area contributed by atoms with Gasteiger partial charge in [-0.05, 0) is 19.3 Å². The first-order chi connectivity index (χ1) is 8.57. The lowest BCUT2D eigenvalue weighted by atomic mass is 10.3. The van der Waals surface area contributed by atoms with E-state index in [0.29, 0.717) is 6.54 Å². The number of pyridine rings is 1. The van der Waals surface area contributed by atoms with Crippen LogP contribution in [-0.2, 0) is 10.0 Å². The zero-order valence-corrected chi connectivity index (χ0v) is 11.2. The van der Waals surface area contributed by atoms with Gasteiger partial charge in [-0.2, -0.15) is 4.31 Å². The second kappa shape index (κ2) is 5.24. The molecule has 0 aliphatic heterocycles. The summed E-state index contributed by atoms with van der Waals surface area (Å²) < 4.78 is 26.4. The Hall–Kier alpha value is -1.14. The Morgan fingerprint density at radius 2 is 2.17 bits per heavy atom. The van der Waals surface area contributed by atoms with Crippen LogP contribution in [0.15, 0.2) is 28.2 Å². The average Bonchev–Trinajstić information content (AvgIpc) is 3.14. The minimum absolute atomic E-state index is 0.0844. The van der Waals surface area contributed by atoms with E-state index in [4.69, 9.17) is 0 Å². The molecule has 0 bridgehead atoms. The molecule has 0 spiro atoms.